The number of carbonyl (C=O) groups is 2. The average molecular weight is 491 g/mol. The molecule has 1 amide bonds. The van der Waals surface area contributed by atoms with E-state index in [2.05, 4.69) is 0 Å². The SMILES string of the molecule is O=C(O)c1c(-c2ccc(F)cc2)oc2cc3c(cc12)-c1ccccc1[C@H]1[C@@H](c2ccccc2)OC(=O)N31. The number of benzene rings is 4. The molecule has 1 N–H and O–H groups in total. The first-order valence-electron chi connectivity index (χ1n) is 11.7. The van der Waals surface area contributed by atoms with Gasteiger partial charge in [0.25, 0.3) is 0 Å². The summed E-state index contributed by atoms with van der Waals surface area (Å²) in [6.07, 6.45) is -1.00. The number of fused-ring (bicyclic) bond motifs is 7. The van der Waals surface area contributed by atoms with Crippen LogP contribution in [0.15, 0.2) is 95.4 Å². The minimum Gasteiger partial charge on any atom is -0.478 e. The van der Waals surface area contributed by atoms with Gasteiger partial charge in [0.05, 0.1) is 5.69 Å². The summed E-state index contributed by atoms with van der Waals surface area (Å²) in [5.74, 6) is -1.47. The van der Waals surface area contributed by atoms with Crippen molar-refractivity contribution in [3.8, 4) is 22.5 Å². The molecule has 5 aromatic rings. The van der Waals surface area contributed by atoms with Gasteiger partial charge in [-0.15, -0.1) is 0 Å². The van der Waals surface area contributed by atoms with E-state index in [1.54, 1.807) is 17.0 Å². The first-order valence-corrected chi connectivity index (χ1v) is 11.7. The number of amides is 1. The number of carboxylic acids is 1. The number of nitrogens with zero attached hydrogens (tertiary/aromatic N) is 1. The van der Waals surface area contributed by atoms with Crippen LogP contribution in [0.4, 0.5) is 14.9 Å². The first kappa shape index (κ1) is 21.4. The van der Waals surface area contributed by atoms with Gasteiger partial charge in [-0.25, -0.2) is 14.0 Å². The summed E-state index contributed by atoms with van der Waals surface area (Å²) in [5.41, 5.74) is 4.70. The lowest BCUT2D eigenvalue weighted by Gasteiger charge is -2.33. The van der Waals surface area contributed by atoms with E-state index in [0.717, 1.165) is 16.7 Å². The van der Waals surface area contributed by atoms with Gasteiger partial charge in [-0.2, -0.15) is 0 Å². The predicted molar refractivity (Wildman–Crippen MR) is 135 cm³/mol. The van der Waals surface area contributed by atoms with Gasteiger partial charge in [0.2, 0.25) is 0 Å². The second-order valence-corrected chi connectivity index (χ2v) is 9.10. The van der Waals surface area contributed by atoms with Crippen molar-refractivity contribution in [2.24, 2.45) is 0 Å². The minimum absolute atomic E-state index is 0.0184. The zero-order valence-electron chi connectivity index (χ0n) is 19.2. The number of anilines is 1. The molecule has 2 aliphatic heterocycles. The van der Waals surface area contributed by atoms with E-state index in [0.29, 0.717) is 27.8 Å². The van der Waals surface area contributed by atoms with Crippen LogP contribution in [0.25, 0.3) is 33.4 Å². The number of rotatable bonds is 3. The highest BCUT2D eigenvalue weighted by molar-refractivity contribution is 6.12. The van der Waals surface area contributed by atoms with Crippen LogP contribution < -0.4 is 4.90 Å². The molecule has 0 spiro atoms. The topological polar surface area (TPSA) is 80.0 Å². The van der Waals surface area contributed by atoms with E-state index in [4.69, 9.17) is 9.15 Å². The monoisotopic (exact) mass is 491 g/mol. The van der Waals surface area contributed by atoms with Gasteiger partial charge in [0, 0.05) is 22.6 Å². The summed E-state index contributed by atoms with van der Waals surface area (Å²) in [7, 11) is 0. The maximum atomic E-state index is 13.5. The summed E-state index contributed by atoms with van der Waals surface area (Å²) in [5, 5.41) is 10.5. The zero-order chi connectivity index (χ0) is 25.3. The average Bonchev–Trinajstić information content (AvgIpc) is 3.47. The van der Waals surface area contributed by atoms with Crippen LogP contribution in [0.5, 0.6) is 0 Å². The number of furan rings is 1. The number of ether oxygens (including phenoxy) is 1. The molecule has 0 aliphatic carbocycles. The number of cyclic esters (lactones) is 1. The highest BCUT2D eigenvalue weighted by Crippen LogP contribution is 2.55. The van der Waals surface area contributed by atoms with Gasteiger partial charge in [0.1, 0.15) is 28.8 Å². The molecule has 0 unspecified atom stereocenters. The van der Waals surface area contributed by atoms with E-state index in [-0.39, 0.29) is 11.3 Å². The fourth-order valence-electron chi connectivity index (χ4n) is 5.49. The highest BCUT2D eigenvalue weighted by atomic mass is 19.1. The molecule has 2 aliphatic rings. The Hall–Kier alpha value is -4.91. The van der Waals surface area contributed by atoms with Gasteiger partial charge >= 0.3 is 12.1 Å². The molecule has 4 aromatic carbocycles. The van der Waals surface area contributed by atoms with Gasteiger partial charge in [-0.1, -0.05) is 54.6 Å². The molecule has 0 radical (unpaired) electrons. The van der Waals surface area contributed by atoms with Crippen molar-refractivity contribution in [1.82, 2.24) is 0 Å². The number of carbonyl (C=O) groups excluding carboxylic acids is 1. The molecule has 1 aromatic heterocycles. The maximum absolute atomic E-state index is 13.5. The summed E-state index contributed by atoms with van der Waals surface area (Å²) in [4.78, 5) is 27.3. The maximum Gasteiger partial charge on any atom is 0.415 e. The molecule has 3 heterocycles. The number of hydrogen-bond donors (Lipinski definition) is 1. The van der Waals surface area contributed by atoms with Crippen molar-refractivity contribution < 1.29 is 28.2 Å². The van der Waals surface area contributed by atoms with Gasteiger partial charge in [0.15, 0.2) is 6.10 Å². The van der Waals surface area contributed by atoms with Crippen molar-refractivity contribution in [1.29, 1.82) is 0 Å². The molecule has 180 valence electrons. The second kappa shape index (κ2) is 7.80. The molecule has 0 saturated carbocycles. The quantitative estimate of drug-likeness (QED) is 0.285. The third-order valence-corrected chi connectivity index (χ3v) is 7.07. The fraction of sp³-hybridized carbons (Fsp3) is 0.0667. The smallest absolute Gasteiger partial charge is 0.415 e. The first-order chi connectivity index (χ1) is 18.0. The Kier molecular flexibility index (Phi) is 4.50. The Bertz CT molecular complexity index is 1730. The largest absolute Gasteiger partial charge is 0.478 e. The van der Waals surface area contributed by atoms with E-state index < -0.39 is 30.0 Å². The normalized spacial score (nSPS) is 17.8. The standard InChI is InChI=1S/C30H18FNO5/c31-18-12-10-17(11-13-18)27-25(29(33)34)22-14-21-19-8-4-5-9-20(19)26-28(16-6-2-1-3-7-16)37-30(35)32(26)23(21)15-24(22)36-27/h1-15,26,28H,(H,33,34)/t26-,28+/m0/s1. The van der Waals surface area contributed by atoms with Crippen LogP contribution in [0.3, 0.4) is 0 Å². The Morgan fingerprint density at radius 1 is 0.892 bits per heavy atom. The van der Waals surface area contributed by atoms with Crippen LogP contribution in [0.1, 0.15) is 33.6 Å². The number of carboxylic acid groups (broad SMARTS) is 1. The summed E-state index contributed by atoms with van der Waals surface area (Å²) in [6.45, 7) is 0. The third kappa shape index (κ3) is 3.10. The molecular formula is C30H18FNO5. The lowest BCUT2D eigenvalue weighted by atomic mass is 9.84. The van der Waals surface area contributed by atoms with Crippen molar-refractivity contribution in [3.05, 3.63) is 114 Å². The molecule has 2 atom stereocenters. The van der Waals surface area contributed by atoms with Gasteiger partial charge in [-0.05, 0) is 47.0 Å². The molecule has 6 nitrogen and oxygen atoms in total. The second-order valence-electron chi connectivity index (χ2n) is 9.10. The van der Waals surface area contributed by atoms with Crippen LogP contribution in [0.2, 0.25) is 0 Å². The van der Waals surface area contributed by atoms with Crippen molar-refractivity contribution in [3.63, 3.8) is 0 Å². The minimum atomic E-state index is -1.16. The Labute approximate surface area is 210 Å². The number of aromatic carboxylic acids is 1. The molecule has 7 rings (SSSR count). The van der Waals surface area contributed by atoms with Crippen LogP contribution in [0, 0.1) is 5.82 Å². The predicted octanol–water partition coefficient (Wildman–Crippen LogP) is 7.36. The van der Waals surface area contributed by atoms with E-state index >= 15 is 0 Å². The van der Waals surface area contributed by atoms with Crippen LogP contribution in [-0.2, 0) is 4.74 Å². The third-order valence-electron chi connectivity index (χ3n) is 7.07. The number of hydrogen-bond acceptors (Lipinski definition) is 4. The van der Waals surface area contributed by atoms with Crippen molar-refractivity contribution >= 4 is 28.7 Å². The van der Waals surface area contributed by atoms with E-state index in [9.17, 15) is 19.1 Å². The lowest BCUT2D eigenvalue weighted by Crippen LogP contribution is -2.31. The summed E-state index contributed by atoms with van der Waals surface area (Å²) < 4.78 is 25.5. The zero-order valence-corrected chi connectivity index (χ0v) is 19.2. The van der Waals surface area contributed by atoms with Crippen molar-refractivity contribution in [2.45, 2.75) is 12.1 Å². The fourth-order valence-corrected chi connectivity index (χ4v) is 5.49. The molecule has 1 saturated heterocycles. The van der Waals surface area contributed by atoms with E-state index in [1.807, 2.05) is 54.6 Å². The van der Waals surface area contributed by atoms with Crippen LogP contribution >= 0.6 is 0 Å². The highest BCUT2D eigenvalue weighted by Gasteiger charge is 2.48. The Morgan fingerprint density at radius 2 is 1.62 bits per heavy atom. The van der Waals surface area contributed by atoms with Gasteiger partial charge < -0.3 is 14.3 Å². The molecule has 37 heavy (non-hydrogen) atoms. The summed E-state index contributed by atoms with van der Waals surface area (Å²) in [6, 6.07) is 25.9. The molecule has 1 fully saturated rings. The Morgan fingerprint density at radius 3 is 2.38 bits per heavy atom. The van der Waals surface area contributed by atoms with Crippen LogP contribution in [-0.4, -0.2) is 17.2 Å². The van der Waals surface area contributed by atoms with Crippen molar-refractivity contribution in [2.75, 3.05) is 4.90 Å². The number of halogens is 1. The molecular weight excluding hydrogens is 473 g/mol. The lowest BCUT2D eigenvalue weighted by molar-refractivity contribution is 0.0699. The molecule has 7 heteroatoms. The molecule has 0 bridgehead atoms. The summed E-state index contributed by atoms with van der Waals surface area (Å²) >= 11 is 0. The van der Waals surface area contributed by atoms with E-state index in [1.165, 1.54) is 24.3 Å². The van der Waals surface area contributed by atoms with Gasteiger partial charge in [-0.3, -0.25) is 4.90 Å². The Balaban J connectivity index is 1.48.